The fourth-order valence-electron chi connectivity index (χ4n) is 1.53. The van der Waals surface area contributed by atoms with E-state index in [0.717, 1.165) is 0 Å². The molecule has 0 spiro atoms. The molecule has 1 N–H and O–H groups in total. The maximum absolute atomic E-state index is 11.7. The highest BCUT2D eigenvalue weighted by atomic mass is 16.5. The Balaban J connectivity index is 1.90. The van der Waals surface area contributed by atoms with Crippen molar-refractivity contribution in [2.45, 2.75) is 26.4 Å². The SMILES string of the molecule is Cc1cc(C(=O)N[C@@H](C)Cn2ccnc2)no1. The fourth-order valence-corrected chi connectivity index (χ4v) is 1.53. The van der Waals surface area contributed by atoms with Crippen molar-refractivity contribution in [2.75, 3.05) is 0 Å². The molecule has 90 valence electrons. The lowest BCUT2D eigenvalue weighted by atomic mass is 10.3. The molecular weight excluding hydrogens is 220 g/mol. The standard InChI is InChI=1S/C11H14N4O2/c1-8(6-15-4-3-12-7-15)13-11(16)10-5-9(2)17-14-10/h3-5,7-8H,6H2,1-2H3,(H,13,16)/t8-/m0/s1. The summed E-state index contributed by atoms with van der Waals surface area (Å²) < 4.78 is 6.75. The molecule has 17 heavy (non-hydrogen) atoms. The fraction of sp³-hybridized carbons (Fsp3) is 0.364. The molecule has 0 aromatic carbocycles. The molecule has 0 fully saturated rings. The molecule has 6 nitrogen and oxygen atoms in total. The van der Waals surface area contributed by atoms with Gasteiger partial charge in [0.05, 0.1) is 6.33 Å². The van der Waals surface area contributed by atoms with Crippen molar-refractivity contribution in [3.8, 4) is 0 Å². The summed E-state index contributed by atoms with van der Waals surface area (Å²) in [6.45, 7) is 4.34. The Morgan fingerprint density at radius 1 is 1.65 bits per heavy atom. The third-order valence-corrected chi connectivity index (χ3v) is 2.28. The number of carbonyl (C=O) groups excluding carboxylic acids is 1. The Bertz CT molecular complexity index is 489. The van der Waals surface area contributed by atoms with Gasteiger partial charge in [-0.1, -0.05) is 5.16 Å². The van der Waals surface area contributed by atoms with Crippen molar-refractivity contribution in [3.63, 3.8) is 0 Å². The first-order valence-electron chi connectivity index (χ1n) is 5.35. The van der Waals surface area contributed by atoms with Crippen LogP contribution in [0.4, 0.5) is 0 Å². The molecule has 6 heteroatoms. The first-order valence-corrected chi connectivity index (χ1v) is 5.35. The number of aromatic nitrogens is 3. The highest BCUT2D eigenvalue weighted by Crippen LogP contribution is 2.02. The monoisotopic (exact) mass is 234 g/mol. The van der Waals surface area contributed by atoms with E-state index in [4.69, 9.17) is 4.52 Å². The Labute approximate surface area is 98.6 Å². The summed E-state index contributed by atoms with van der Waals surface area (Å²) in [7, 11) is 0. The van der Waals surface area contributed by atoms with Crippen LogP contribution < -0.4 is 5.32 Å². The molecule has 1 atom stereocenters. The van der Waals surface area contributed by atoms with E-state index in [0.29, 0.717) is 18.0 Å². The molecule has 0 bridgehead atoms. The number of nitrogens with one attached hydrogen (secondary N) is 1. The van der Waals surface area contributed by atoms with Gasteiger partial charge in [-0.2, -0.15) is 0 Å². The largest absolute Gasteiger partial charge is 0.361 e. The molecule has 2 aromatic heterocycles. The predicted octanol–water partition coefficient (Wildman–Crippen LogP) is 0.998. The van der Waals surface area contributed by atoms with Crippen LogP contribution in [0.15, 0.2) is 29.3 Å². The van der Waals surface area contributed by atoms with Crippen LogP contribution in [0, 0.1) is 6.92 Å². The number of rotatable bonds is 4. The number of amides is 1. The summed E-state index contributed by atoms with van der Waals surface area (Å²) in [5.41, 5.74) is 0.306. The predicted molar refractivity (Wildman–Crippen MR) is 60.4 cm³/mol. The van der Waals surface area contributed by atoms with Crippen LogP contribution in [0.3, 0.4) is 0 Å². The highest BCUT2D eigenvalue weighted by Gasteiger charge is 2.13. The van der Waals surface area contributed by atoms with Gasteiger partial charge in [0, 0.05) is 31.0 Å². The minimum absolute atomic E-state index is 0.00583. The second-order valence-corrected chi connectivity index (χ2v) is 3.96. The summed E-state index contributed by atoms with van der Waals surface area (Å²) >= 11 is 0. The molecule has 1 amide bonds. The number of hydrogen-bond donors (Lipinski definition) is 1. The molecule has 0 saturated heterocycles. The molecule has 0 aliphatic carbocycles. The number of nitrogens with zero attached hydrogens (tertiary/aromatic N) is 3. The first-order chi connectivity index (χ1) is 8.15. The maximum Gasteiger partial charge on any atom is 0.273 e. The summed E-state index contributed by atoms with van der Waals surface area (Å²) in [6, 6.07) is 1.60. The lowest BCUT2D eigenvalue weighted by molar-refractivity contribution is 0.0927. The number of hydrogen-bond acceptors (Lipinski definition) is 4. The van der Waals surface area contributed by atoms with E-state index in [1.54, 1.807) is 25.5 Å². The van der Waals surface area contributed by atoms with Gasteiger partial charge >= 0.3 is 0 Å². The van der Waals surface area contributed by atoms with E-state index in [-0.39, 0.29) is 11.9 Å². The second-order valence-electron chi connectivity index (χ2n) is 3.96. The topological polar surface area (TPSA) is 73.0 Å². The molecule has 0 aliphatic heterocycles. The van der Waals surface area contributed by atoms with Crippen LogP contribution in [-0.4, -0.2) is 26.7 Å². The van der Waals surface area contributed by atoms with Crippen LogP contribution in [0.2, 0.25) is 0 Å². The van der Waals surface area contributed by atoms with Crippen molar-refractivity contribution in [1.82, 2.24) is 20.0 Å². The van der Waals surface area contributed by atoms with Gasteiger partial charge in [0.25, 0.3) is 5.91 Å². The molecule has 2 aromatic rings. The van der Waals surface area contributed by atoms with Crippen molar-refractivity contribution in [1.29, 1.82) is 0 Å². The Morgan fingerprint density at radius 2 is 2.47 bits per heavy atom. The van der Waals surface area contributed by atoms with Crippen molar-refractivity contribution in [2.24, 2.45) is 0 Å². The van der Waals surface area contributed by atoms with Crippen LogP contribution in [0.25, 0.3) is 0 Å². The molecule has 0 saturated carbocycles. The van der Waals surface area contributed by atoms with Crippen LogP contribution in [-0.2, 0) is 6.54 Å². The molecule has 0 radical (unpaired) electrons. The molecule has 2 heterocycles. The van der Waals surface area contributed by atoms with Gasteiger partial charge in [-0.15, -0.1) is 0 Å². The van der Waals surface area contributed by atoms with Crippen molar-refractivity contribution in [3.05, 3.63) is 36.2 Å². The third kappa shape index (κ3) is 2.93. The maximum atomic E-state index is 11.7. The summed E-state index contributed by atoms with van der Waals surface area (Å²) in [5.74, 6) is 0.395. The first kappa shape index (κ1) is 11.4. The molecule has 0 aliphatic rings. The Hall–Kier alpha value is -2.11. The van der Waals surface area contributed by atoms with E-state index in [1.807, 2.05) is 17.7 Å². The van der Waals surface area contributed by atoms with Crippen LogP contribution >= 0.6 is 0 Å². The summed E-state index contributed by atoms with van der Waals surface area (Å²) in [6.07, 6.45) is 5.27. The van der Waals surface area contributed by atoms with Gasteiger partial charge in [0.15, 0.2) is 5.69 Å². The van der Waals surface area contributed by atoms with Gasteiger partial charge in [-0.25, -0.2) is 4.98 Å². The number of aryl methyl sites for hydroxylation is 1. The molecule has 0 unspecified atom stereocenters. The zero-order chi connectivity index (χ0) is 12.3. The van der Waals surface area contributed by atoms with E-state index < -0.39 is 0 Å². The summed E-state index contributed by atoms with van der Waals surface area (Å²) in [4.78, 5) is 15.7. The average molecular weight is 234 g/mol. The van der Waals surface area contributed by atoms with Gasteiger partial charge in [0.2, 0.25) is 0 Å². The van der Waals surface area contributed by atoms with Gasteiger partial charge in [-0.3, -0.25) is 4.79 Å². The third-order valence-electron chi connectivity index (χ3n) is 2.28. The normalized spacial score (nSPS) is 12.4. The lowest BCUT2D eigenvalue weighted by Gasteiger charge is -2.12. The smallest absolute Gasteiger partial charge is 0.273 e. The Kier molecular flexibility index (Phi) is 3.22. The second kappa shape index (κ2) is 4.82. The zero-order valence-corrected chi connectivity index (χ0v) is 9.75. The molecular formula is C11H14N4O2. The van der Waals surface area contributed by atoms with Crippen LogP contribution in [0.5, 0.6) is 0 Å². The minimum Gasteiger partial charge on any atom is -0.361 e. The number of imidazole rings is 1. The quantitative estimate of drug-likeness (QED) is 0.856. The van der Waals surface area contributed by atoms with Gasteiger partial charge in [0.1, 0.15) is 5.76 Å². The lowest BCUT2D eigenvalue weighted by Crippen LogP contribution is -2.35. The number of carbonyl (C=O) groups is 1. The van der Waals surface area contributed by atoms with E-state index in [9.17, 15) is 4.79 Å². The van der Waals surface area contributed by atoms with E-state index in [1.165, 1.54) is 0 Å². The average Bonchev–Trinajstić information content (AvgIpc) is 2.89. The van der Waals surface area contributed by atoms with Gasteiger partial charge < -0.3 is 14.4 Å². The Morgan fingerprint density at radius 3 is 3.06 bits per heavy atom. The minimum atomic E-state index is -0.227. The van der Waals surface area contributed by atoms with Crippen molar-refractivity contribution >= 4 is 5.91 Å². The summed E-state index contributed by atoms with van der Waals surface area (Å²) in [5, 5.41) is 6.50. The van der Waals surface area contributed by atoms with Gasteiger partial charge in [-0.05, 0) is 13.8 Å². The van der Waals surface area contributed by atoms with E-state index >= 15 is 0 Å². The van der Waals surface area contributed by atoms with E-state index in [2.05, 4.69) is 15.5 Å². The van der Waals surface area contributed by atoms with Crippen molar-refractivity contribution < 1.29 is 9.32 Å². The zero-order valence-electron chi connectivity index (χ0n) is 9.75. The molecule has 2 rings (SSSR count). The highest BCUT2D eigenvalue weighted by molar-refractivity contribution is 5.92. The van der Waals surface area contributed by atoms with Crippen LogP contribution in [0.1, 0.15) is 23.2 Å².